The predicted octanol–water partition coefficient (Wildman–Crippen LogP) is 2.02. The third kappa shape index (κ3) is 4.46. The lowest BCUT2D eigenvalue weighted by Gasteiger charge is -2.24. The fraction of sp³-hybridized carbons (Fsp3) is 0.292. The summed E-state index contributed by atoms with van der Waals surface area (Å²) in [5, 5.41) is 9.66. The third-order valence-electron chi connectivity index (χ3n) is 5.90. The molecule has 9 nitrogen and oxygen atoms in total. The van der Waals surface area contributed by atoms with Crippen molar-refractivity contribution in [1.82, 2.24) is 15.4 Å². The summed E-state index contributed by atoms with van der Waals surface area (Å²) in [6.07, 6.45) is 0.370. The number of likely N-dealkylation sites (tertiary alicyclic amines) is 1. The molecule has 0 radical (unpaired) electrons. The van der Waals surface area contributed by atoms with E-state index < -0.39 is 11.4 Å². The van der Waals surface area contributed by atoms with Crippen LogP contribution in [-0.4, -0.2) is 47.1 Å². The number of pyridine rings is 1. The SMILES string of the molecule is COc1ccc2nc(C)cc(COc3ccc(C4(N)CCN(CC(=O)NO)C4=O)cc3)c2c1. The largest absolute Gasteiger partial charge is 0.497 e. The van der Waals surface area contributed by atoms with Crippen molar-refractivity contribution in [2.45, 2.75) is 25.5 Å². The number of nitrogens with zero attached hydrogens (tertiary/aromatic N) is 2. The van der Waals surface area contributed by atoms with Crippen molar-refractivity contribution in [1.29, 1.82) is 0 Å². The first-order valence-corrected chi connectivity index (χ1v) is 10.5. The summed E-state index contributed by atoms with van der Waals surface area (Å²) in [6.45, 7) is 2.37. The highest BCUT2D eigenvalue weighted by Crippen LogP contribution is 2.32. The van der Waals surface area contributed by atoms with E-state index in [-0.39, 0.29) is 12.5 Å². The zero-order valence-electron chi connectivity index (χ0n) is 18.5. The molecule has 1 aliphatic heterocycles. The number of nitrogens with one attached hydrogen (secondary N) is 1. The fourth-order valence-electron chi connectivity index (χ4n) is 4.11. The second-order valence-electron chi connectivity index (χ2n) is 8.10. The molecular formula is C24H26N4O5. The minimum Gasteiger partial charge on any atom is -0.497 e. The molecule has 33 heavy (non-hydrogen) atoms. The molecular weight excluding hydrogens is 424 g/mol. The molecule has 2 aromatic carbocycles. The second-order valence-corrected chi connectivity index (χ2v) is 8.10. The molecule has 1 atom stereocenters. The van der Waals surface area contributed by atoms with Crippen LogP contribution >= 0.6 is 0 Å². The molecule has 0 bridgehead atoms. The van der Waals surface area contributed by atoms with Crippen LogP contribution in [0.2, 0.25) is 0 Å². The van der Waals surface area contributed by atoms with Crippen LogP contribution in [0.15, 0.2) is 48.5 Å². The molecule has 1 aliphatic rings. The summed E-state index contributed by atoms with van der Waals surface area (Å²) < 4.78 is 11.3. The lowest BCUT2D eigenvalue weighted by molar-refractivity contribution is -0.139. The summed E-state index contributed by atoms with van der Waals surface area (Å²) >= 11 is 0. The molecule has 1 fully saturated rings. The summed E-state index contributed by atoms with van der Waals surface area (Å²) in [6, 6.07) is 14.8. The Labute approximate surface area is 191 Å². The molecule has 1 unspecified atom stereocenters. The van der Waals surface area contributed by atoms with Gasteiger partial charge in [0.25, 0.3) is 5.91 Å². The van der Waals surface area contributed by atoms with Gasteiger partial charge in [-0.3, -0.25) is 19.8 Å². The molecule has 0 saturated carbocycles. The van der Waals surface area contributed by atoms with Gasteiger partial charge in [-0.15, -0.1) is 0 Å². The van der Waals surface area contributed by atoms with E-state index in [1.165, 1.54) is 10.4 Å². The van der Waals surface area contributed by atoms with E-state index in [0.717, 1.165) is 27.9 Å². The molecule has 3 aromatic rings. The predicted molar refractivity (Wildman–Crippen MR) is 121 cm³/mol. The number of amides is 2. The van der Waals surface area contributed by atoms with E-state index in [2.05, 4.69) is 4.98 Å². The molecule has 9 heteroatoms. The number of hydrogen-bond acceptors (Lipinski definition) is 7. The van der Waals surface area contributed by atoms with E-state index in [4.69, 9.17) is 20.4 Å². The Morgan fingerprint density at radius 3 is 2.64 bits per heavy atom. The Balaban J connectivity index is 1.49. The van der Waals surface area contributed by atoms with Crippen molar-refractivity contribution in [2.75, 3.05) is 20.2 Å². The molecule has 2 amide bonds. The van der Waals surface area contributed by atoms with Crippen LogP contribution in [0.5, 0.6) is 11.5 Å². The summed E-state index contributed by atoms with van der Waals surface area (Å²) in [5.41, 5.74) is 10.1. The molecule has 4 rings (SSSR count). The number of rotatable bonds is 7. The average Bonchev–Trinajstić information content (AvgIpc) is 3.11. The lowest BCUT2D eigenvalue weighted by atomic mass is 9.89. The van der Waals surface area contributed by atoms with Gasteiger partial charge >= 0.3 is 0 Å². The van der Waals surface area contributed by atoms with Gasteiger partial charge in [-0.25, -0.2) is 5.48 Å². The van der Waals surface area contributed by atoms with Gasteiger partial charge in [-0.1, -0.05) is 12.1 Å². The normalized spacial score (nSPS) is 17.9. The van der Waals surface area contributed by atoms with Crippen LogP contribution in [0, 0.1) is 6.92 Å². The Hall–Kier alpha value is -3.69. The fourth-order valence-corrected chi connectivity index (χ4v) is 4.11. The number of aryl methyl sites for hydroxylation is 1. The Morgan fingerprint density at radius 1 is 1.21 bits per heavy atom. The van der Waals surface area contributed by atoms with Crippen molar-refractivity contribution in [3.8, 4) is 11.5 Å². The second kappa shape index (κ2) is 9.05. The number of hydrogen-bond donors (Lipinski definition) is 3. The lowest BCUT2D eigenvalue weighted by Crippen LogP contribution is -2.47. The van der Waals surface area contributed by atoms with Crippen LogP contribution in [0.25, 0.3) is 10.9 Å². The number of carbonyl (C=O) groups excluding carboxylic acids is 2. The maximum atomic E-state index is 12.8. The van der Waals surface area contributed by atoms with E-state index in [1.807, 2.05) is 31.2 Å². The Bertz CT molecular complexity index is 1200. The Morgan fingerprint density at radius 2 is 1.94 bits per heavy atom. The highest BCUT2D eigenvalue weighted by molar-refractivity contribution is 5.92. The number of fused-ring (bicyclic) bond motifs is 1. The highest BCUT2D eigenvalue weighted by Gasteiger charge is 2.45. The first-order valence-electron chi connectivity index (χ1n) is 10.5. The number of nitrogens with two attached hydrogens (primary N) is 1. The molecule has 1 aromatic heterocycles. The van der Waals surface area contributed by atoms with E-state index in [1.54, 1.807) is 31.4 Å². The molecule has 4 N–H and O–H groups in total. The van der Waals surface area contributed by atoms with Gasteiger partial charge in [0.05, 0.1) is 12.6 Å². The number of hydroxylamine groups is 1. The van der Waals surface area contributed by atoms with Gasteiger partial charge in [0.1, 0.15) is 30.2 Å². The quantitative estimate of drug-likeness (QED) is 0.371. The van der Waals surface area contributed by atoms with Crippen molar-refractivity contribution in [3.63, 3.8) is 0 Å². The van der Waals surface area contributed by atoms with Crippen molar-refractivity contribution >= 4 is 22.7 Å². The van der Waals surface area contributed by atoms with Crippen molar-refractivity contribution in [3.05, 3.63) is 65.4 Å². The zero-order valence-corrected chi connectivity index (χ0v) is 18.5. The standard InChI is InChI=1S/C24H26N4O5/c1-15-11-16(20-12-19(32-2)7-8-21(20)26-15)14-33-18-5-3-17(4-6-18)24(25)9-10-28(23(24)30)13-22(29)27-31/h3-8,11-12,31H,9-10,13-14,25H2,1-2H3,(H,27,29). The van der Waals surface area contributed by atoms with Gasteiger partial charge in [0.15, 0.2) is 0 Å². The number of benzene rings is 2. The minimum absolute atomic E-state index is 0.237. The molecule has 0 aliphatic carbocycles. The zero-order chi connectivity index (χ0) is 23.6. The molecule has 0 spiro atoms. The van der Waals surface area contributed by atoms with Gasteiger partial charge in [0.2, 0.25) is 5.91 Å². The minimum atomic E-state index is -1.22. The number of aromatic nitrogens is 1. The Kier molecular flexibility index (Phi) is 6.17. The summed E-state index contributed by atoms with van der Waals surface area (Å²) in [4.78, 5) is 30.1. The van der Waals surface area contributed by atoms with Gasteiger partial charge in [0, 0.05) is 23.2 Å². The van der Waals surface area contributed by atoms with Gasteiger partial charge in [-0.05, 0) is 55.3 Å². The first-order chi connectivity index (χ1) is 15.8. The van der Waals surface area contributed by atoms with E-state index in [9.17, 15) is 9.59 Å². The maximum Gasteiger partial charge on any atom is 0.262 e. The average molecular weight is 450 g/mol. The molecule has 2 heterocycles. The monoisotopic (exact) mass is 450 g/mol. The van der Waals surface area contributed by atoms with E-state index >= 15 is 0 Å². The van der Waals surface area contributed by atoms with E-state index in [0.29, 0.717) is 30.9 Å². The van der Waals surface area contributed by atoms with Crippen LogP contribution in [-0.2, 0) is 21.7 Å². The third-order valence-corrected chi connectivity index (χ3v) is 5.90. The summed E-state index contributed by atoms with van der Waals surface area (Å²) in [7, 11) is 1.63. The van der Waals surface area contributed by atoms with Gasteiger partial charge in [-0.2, -0.15) is 0 Å². The number of ether oxygens (including phenoxy) is 2. The first kappa shape index (κ1) is 22.5. The number of methoxy groups -OCH3 is 1. The van der Waals surface area contributed by atoms with Crippen LogP contribution in [0.1, 0.15) is 23.2 Å². The summed E-state index contributed by atoms with van der Waals surface area (Å²) in [5.74, 6) is 0.369. The van der Waals surface area contributed by atoms with Crippen molar-refractivity contribution < 1.29 is 24.3 Å². The van der Waals surface area contributed by atoms with Crippen molar-refractivity contribution in [2.24, 2.45) is 5.73 Å². The van der Waals surface area contributed by atoms with Crippen LogP contribution in [0.3, 0.4) is 0 Å². The number of carbonyl (C=O) groups is 2. The topological polar surface area (TPSA) is 127 Å². The van der Waals surface area contributed by atoms with Gasteiger partial charge < -0.3 is 20.1 Å². The van der Waals surface area contributed by atoms with Crippen LogP contribution in [0.4, 0.5) is 0 Å². The van der Waals surface area contributed by atoms with Crippen LogP contribution < -0.4 is 20.7 Å². The maximum absolute atomic E-state index is 12.8. The molecule has 172 valence electrons. The molecule has 1 saturated heterocycles. The highest BCUT2D eigenvalue weighted by atomic mass is 16.5. The smallest absolute Gasteiger partial charge is 0.262 e.